The quantitative estimate of drug-likeness (QED) is 0.602. The minimum atomic E-state index is -1.10. The minimum Gasteiger partial charge on any atom is -0.481 e. The number of nitro groups is 1. The third-order valence-corrected chi connectivity index (χ3v) is 4.66. The van der Waals surface area contributed by atoms with Crippen molar-refractivity contribution in [2.45, 2.75) is 19.8 Å². The molecule has 0 amide bonds. The summed E-state index contributed by atoms with van der Waals surface area (Å²) < 4.78 is 5.37. The monoisotopic (exact) mass is 381 g/mol. The number of hydrogen-bond donors (Lipinski definition) is 2. The van der Waals surface area contributed by atoms with Crippen LogP contribution in [-0.4, -0.2) is 28.1 Å². The Bertz CT molecular complexity index is 1030. The van der Waals surface area contributed by atoms with Crippen molar-refractivity contribution in [1.29, 1.82) is 0 Å². The Labute approximate surface area is 161 Å². The van der Waals surface area contributed by atoms with Gasteiger partial charge in [-0.3, -0.25) is 10.1 Å². The van der Waals surface area contributed by atoms with E-state index >= 15 is 0 Å². The fourth-order valence-electron chi connectivity index (χ4n) is 3.54. The van der Waals surface area contributed by atoms with Crippen LogP contribution >= 0.6 is 0 Å². The summed E-state index contributed by atoms with van der Waals surface area (Å²) in [6.07, 6.45) is 1.58. The number of benzene rings is 1. The van der Waals surface area contributed by atoms with Crippen molar-refractivity contribution < 1.29 is 19.6 Å². The Morgan fingerprint density at radius 1 is 1.25 bits per heavy atom. The predicted octanol–water partition coefficient (Wildman–Crippen LogP) is 3.48. The first-order valence-corrected chi connectivity index (χ1v) is 8.50. The summed E-state index contributed by atoms with van der Waals surface area (Å²) in [7, 11) is 1.49. The molecule has 1 aromatic carbocycles. The number of aliphatic carboxylic acids is 1. The van der Waals surface area contributed by atoms with E-state index in [-0.39, 0.29) is 11.3 Å². The third kappa shape index (κ3) is 3.32. The van der Waals surface area contributed by atoms with Crippen molar-refractivity contribution in [1.82, 2.24) is 10.3 Å². The van der Waals surface area contributed by atoms with Gasteiger partial charge in [-0.1, -0.05) is 12.1 Å². The predicted molar refractivity (Wildman–Crippen MR) is 103 cm³/mol. The standard InChI is InChI=1S/C20H19N3O5/c1-11-16(15-8-5-9-21-19(15)28-3)18(17(20(24)25)12(2)22-11)13-6-4-7-14(10-13)23(26)27/h4-10,18,22H,1-3H3,(H,24,25). The zero-order valence-corrected chi connectivity index (χ0v) is 15.6. The number of rotatable bonds is 5. The van der Waals surface area contributed by atoms with Gasteiger partial charge in [0.25, 0.3) is 5.69 Å². The molecule has 0 saturated carbocycles. The van der Waals surface area contributed by atoms with Gasteiger partial charge in [-0.25, -0.2) is 9.78 Å². The molecule has 1 aliphatic heterocycles. The lowest BCUT2D eigenvalue weighted by Gasteiger charge is -2.31. The van der Waals surface area contributed by atoms with Crippen molar-refractivity contribution in [3.8, 4) is 5.88 Å². The van der Waals surface area contributed by atoms with Gasteiger partial charge in [-0.05, 0) is 37.1 Å². The van der Waals surface area contributed by atoms with Crippen molar-refractivity contribution in [3.63, 3.8) is 0 Å². The second-order valence-electron chi connectivity index (χ2n) is 6.35. The van der Waals surface area contributed by atoms with Gasteiger partial charge in [0.05, 0.1) is 17.6 Å². The number of carboxylic acids is 1. The summed E-state index contributed by atoms with van der Waals surface area (Å²) >= 11 is 0. The summed E-state index contributed by atoms with van der Waals surface area (Å²) in [5.74, 6) is -1.48. The molecule has 2 heterocycles. The van der Waals surface area contributed by atoms with E-state index in [1.807, 2.05) is 6.92 Å². The van der Waals surface area contributed by atoms with Crippen molar-refractivity contribution in [2.75, 3.05) is 7.11 Å². The lowest BCUT2D eigenvalue weighted by atomic mass is 9.77. The van der Waals surface area contributed by atoms with Crippen LogP contribution in [0.2, 0.25) is 0 Å². The molecule has 0 aliphatic carbocycles. The van der Waals surface area contributed by atoms with E-state index in [4.69, 9.17) is 4.74 Å². The molecule has 1 unspecified atom stereocenters. The normalized spacial score (nSPS) is 16.6. The molecule has 144 valence electrons. The van der Waals surface area contributed by atoms with E-state index in [9.17, 15) is 20.0 Å². The molecule has 8 nitrogen and oxygen atoms in total. The number of allylic oxidation sites excluding steroid dienone is 3. The van der Waals surface area contributed by atoms with E-state index < -0.39 is 16.8 Å². The van der Waals surface area contributed by atoms with E-state index in [0.717, 1.165) is 5.70 Å². The molecule has 0 saturated heterocycles. The second kappa shape index (κ2) is 7.51. The topological polar surface area (TPSA) is 115 Å². The maximum Gasteiger partial charge on any atom is 0.334 e. The van der Waals surface area contributed by atoms with Gasteiger partial charge in [0.1, 0.15) is 0 Å². The molecule has 1 atom stereocenters. The fourth-order valence-corrected chi connectivity index (χ4v) is 3.54. The Kier molecular flexibility index (Phi) is 5.12. The zero-order valence-electron chi connectivity index (χ0n) is 15.6. The van der Waals surface area contributed by atoms with Crippen LogP contribution < -0.4 is 10.1 Å². The van der Waals surface area contributed by atoms with E-state index in [1.54, 1.807) is 37.4 Å². The van der Waals surface area contributed by atoms with Crippen LogP contribution in [0.1, 0.15) is 30.9 Å². The summed E-state index contributed by atoms with van der Waals surface area (Å²) in [4.78, 5) is 27.1. The highest BCUT2D eigenvalue weighted by molar-refractivity contribution is 5.97. The number of carbonyl (C=O) groups is 1. The average molecular weight is 381 g/mol. The number of aromatic nitrogens is 1. The molecule has 0 spiro atoms. The Morgan fingerprint density at radius 2 is 2.00 bits per heavy atom. The van der Waals surface area contributed by atoms with Gasteiger partial charge < -0.3 is 15.2 Å². The van der Waals surface area contributed by atoms with Crippen molar-refractivity contribution in [3.05, 3.63) is 80.8 Å². The van der Waals surface area contributed by atoms with Crippen LogP contribution in [0.3, 0.4) is 0 Å². The molecule has 28 heavy (non-hydrogen) atoms. The summed E-state index contributed by atoms with van der Waals surface area (Å²) in [5, 5.41) is 24.3. The molecular formula is C20H19N3O5. The number of pyridine rings is 1. The summed E-state index contributed by atoms with van der Waals surface area (Å²) in [6.45, 7) is 3.50. The summed E-state index contributed by atoms with van der Waals surface area (Å²) in [5.41, 5.74) is 3.00. The van der Waals surface area contributed by atoms with Crippen LogP contribution in [-0.2, 0) is 4.79 Å². The summed E-state index contributed by atoms with van der Waals surface area (Å²) in [6, 6.07) is 9.54. The number of dihydropyridines is 1. The van der Waals surface area contributed by atoms with E-state index in [1.165, 1.54) is 19.2 Å². The molecule has 8 heteroatoms. The highest BCUT2D eigenvalue weighted by atomic mass is 16.6. The lowest BCUT2D eigenvalue weighted by molar-refractivity contribution is -0.384. The molecule has 1 aromatic heterocycles. The van der Waals surface area contributed by atoms with Crippen LogP contribution in [0.4, 0.5) is 5.69 Å². The molecular weight excluding hydrogens is 362 g/mol. The molecule has 0 fully saturated rings. The number of non-ortho nitro benzene ring substituents is 1. The number of hydrogen-bond acceptors (Lipinski definition) is 6. The first kappa shape index (κ1) is 19.1. The Morgan fingerprint density at radius 3 is 2.64 bits per heavy atom. The maximum absolute atomic E-state index is 12.1. The highest BCUT2D eigenvalue weighted by Gasteiger charge is 2.35. The number of nitrogens with zero attached hydrogens (tertiary/aromatic N) is 2. The highest BCUT2D eigenvalue weighted by Crippen LogP contribution is 2.45. The fraction of sp³-hybridized carbons (Fsp3) is 0.200. The van der Waals surface area contributed by atoms with E-state index in [2.05, 4.69) is 10.3 Å². The van der Waals surface area contributed by atoms with Crippen molar-refractivity contribution >= 4 is 17.2 Å². The molecule has 0 bridgehead atoms. The number of nitrogens with one attached hydrogen (secondary N) is 1. The first-order valence-electron chi connectivity index (χ1n) is 8.50. The Hall–Kier alpha value is -3.68. The number of carboxylic acid groups (broad SMARTS) is 1. The van der Waals surface area contributed by atoms with Crippen LogP contribution in [0, 0.1) is 10.1 Å². The van der Waals surface area contributed by atoms with Crippen LogP contribution in [0.5, 0.6) is 5.88 Å². The molecule has 0 radical (unpaired) electrons. The molecule has 2 N–H and O–H groups in total. The van der Waals surface area contributed by atoms with Crippen LogP contribution in [0.15, 0.2) is 59.6 Å². The molecule has 3 rings (SSSR count). The van der Waals surface area contributed by atoms with Gasteiger partial charge in [-0.15, -0.1) is 0 Å². The minimum absolute atomic E-state index is 0.103. The van der Waals surface area contributed by atoms with Gasteiger partial charge >= 0.3 is 5.97 Å². The third-order valence-electron chi connectivity index (χ3n) is 4.66. The van der Waals surface area contributed by atoms with Crippen LogP contribution in [0.25, 0.3) is 5.57 Å². The molecule has 2 aromatic rings. The molecule has 1 aliphatic rings. The van der Waals surface area contributed by atoms with Crippen molar-refractivity contribution in [2.24, 2.45) is 0 Å². The second-order valence-corrected chi connectivity index (χ2v) is 6.35. The number of ether oxygens (including phenoxy) is 1. The van der Waals surface area contributed by atoms with Gasteiger partial charge in [0, 0.05) is 41.2 Å². The smallest absolute Gasteiger partial charge is 0.334 e. The largest absolute Gasteiger partial charge is 0.481 e. The zero-order chi connectivity index (χ0) is 20.4. The van der Waals surface area contributed by atoms with Gasteiger partial charge in [-0.2, -0.15) is 0 Å². The van der Waals surface area contributed by atoms with E-state index in [0.29, 0.717) is 28.3 Å². The first-order chi connectivity index (χ1) is 13.3. The SMILES string of the molecule is COc1ncccc1C1=C(C)NC(C)=C(C(=O)O)C1c1cccc([N+](=O)[O-])c1. The number of methoxy groups -OCH3 is 1. The lowest BCUT2D eigenvalue weighted by Crippen LogP contribution is -2.27. The average Bonchev–Trinajstić information content (AvgIpc) is 2.67. The number of nitro benzene ring substituents is 1. The maximum atomic E-state index is 12.1. The van der Waals surface area contributed by atoms with Gasteiger partial charge in [0.15, 0.2) is 0 Å². The van der Waals surface area contributed by atoms with Gasteiger partial charge in [0.2, 0.25) is 5.88 Å². The Balaban J connectivity index is 2.30.